The zero-order valence-electron chi connectivity index (χ0n) is 9.50. The van der Waals surface area contributed by atoms with Crippen molar-refractivity contribution >= 4 is 11.9 Å². The lowest BCUT2D eigenvalue weighted by Gasteiger charge is -2.38. The van der Waals surface area contributed by atoms with Crippen molar-refractivity contribution in [2.45, 2.75) is 51.0 Å². The Morgan fingerprint density at radius 3 is 2.44 bits per heavy atom. The first-order chi connectivity index (χ1) is 7.73. The molecule has 4 nitrogen and oxygen atoms in total. The number of hydrogen-bond acceptors (Lipinski definition) is 2. The normalized spacial score (nSPS) is 29.4. The Morgan fingerprint density at radius 1 is 1.12 bits per heavy atom. The molecule has 16 heavy (non-hydrogen) atoms. The van der Waals surface area contributed by atoms with Crippen molar-refractivity contribution in [2.75, 3.05) is 6.54 Å². The smallest absolute Gasteiger partial charge is 0.324 e. The number of carbonyl (C=O) groups excluding carboxylic acids is 2. The van der Waals surface area contributed by atoms with E-state index in [1.165, 1.54) is 11.3 Å². The molecular formula is C12H18N2O2. The molecule has 1 spiro atoms. The number of hydrogen-bond donors (Lipinski definition) is 1. The monoisotopic (exact) mass is 222 g/mol. The topological polar surface area (TPSA) is 49.4 Å². The van der Waals surface area contributed by atoms with E-state index in [9.17, 15) is 9.59 Å². The second-order valence-corrected chi connectivity index (χ2v) is 5.41. The largest absolute Gasteiger partial charge is 0.337 e. The van der Waals surface area contributed by atoms with E-state index < -0.39 is 0 Å². The Morgan fingerprint density at radius 2 is 1.81 bits per heavy atom. The highest BCUT2D eigenvalue weighted by molar-refractivity contribution is 6.01. The fraction of sp³-hybridized carbons (Fsp3) is 0.833. The van der Waals surface area contributed by atoms with Crippen molar-refractivity contribution in [3.63, 3.8) is 0 Å². The van der Waals surface area contributed by atoms with E-state index in [1.54, 1.807) is 0 Å². The summed E-state index contributed by atoms with van der Waals surface area (Å²) >= 11 is 0. The van der Waals surface area contributed by atoms with Gasteiger partial charge < -0.3 is 5.32 Å². The Kier molecular flexibility index (Phi) is 2.19. The zero-order chi connectivity index (χ0) is 11.2. The van der Waals surface area contributed by atoms with Crippen molar-refractivity contribution in [1.29, 1.82) is 0 Å². The van der Waals surface area contributed by atoms with Gasteiger partial charge in [0.15, 0.2) is 0 Å². The molecule has 88 valence electrons. The third kappa shape index (κ3) is 1.43. The van der Waals surface area contributed by atoms with Gasteiger partial charge in [-0.3, -0.25) is 9.69 Å². The molecule has 2 aliphatic carbocycles. The minimum Gasteiger partial charge on any atom is -0.337 e. The van der Waals surface area contributed by atoms with Gasteiger partial charge in [0.25, 0.3) is 0 Å². The van der Waals surface area contributed by atoms with Gasteiger partial charge in [-0.05, 0) is 25.7 Å². The summed E-state index contributed by atoms with van der Waals surface area (Å²) < 4.78 is 0. The second-order valence-electron chi connectivity index (χ2n) is 5.41. The van der Waals surface area contributed by atoms with E-state index in [-0.39, 0.29) is 23.4 Å². The highest BCUT2D eigenvalue weighted by Crippen LogP contribution is 2.48. The fourth-order valence-electron chi connectivity index (χ4n) is 2.97. The molecule has 2 saturated carbocycles. The molecule has 3 amide bonds. The SMILES string of the molecule is O=C1NCC2(CC2)C(=O)N1C1CCCCC1. The molecule has 0 aromatic heterocycles. The van der Waals surface area contributed by atoms with Crippen molar-refractivity contribution < 1.29 is 9.59 Å². The third-order valence-corrected chi connectivity index (χ3v) is 4.26. The lowest BCUT2D eigenvalue weighted by molar-refractivity contribution is -0.137. The number of rotatable bonds is 1. The average molecular weight is 222 g/mol. The molecule has 3 fully saturated rings. The molecule has 0 aromatic carbocycles. The summed E-state index contributed by atoms with van der Waals surface area (Å²) in [5.41, 5.74) is -0.203. The van der Waals surface area contributed by atoms with Gasteiger partial charge in [0.05, 0.1) is 5.41 Å². The molecular weight excluding hydrogens is 204 g/mol. The van der Waals surface area contributed by atoms with E-state index in [4.69, 9.17) is 0 Å². The van der Waals surface area contributed by atoms with E-state index in [0.717, 1.165) is 38.5 Å². The van der Waals surface area contributed by atoms with Gasteiger partial charge in [-0.25, -0.2) is 4.79 Å². The number of carbonyl (C=O) groups is 2. The molecule has 1 saturated heterocycles. The van der Waals surface area contributed by atoms with Crippen LogP contribution in [0.25, 0.3) is 0 Å². The molecule has 4 heteroatoms. The lowest BCUT2D eigenvalue weighted by Crippen LogP contribution is -2.59. The summed E-state index contributed by atoms with van der Waals surface area (Å²) in [5, 5.41) is 2.88. The Labute approximate surface area is 95.4 Å². The van der Waals surface area contributed by atoms with Gasteiger partial charge in [-0.1, -0.05) is 19.3 Å². The minimum atomic E-state index is -0.203. The van der Waals surface area contributed by atoms with Crippen LogP contribution in [0.5, 0.6) is 0 Å². The summed E-state index contributed by atoms with van der Waals surface area (Å²) in [5.74, 6) is 0.100. The number of nitrogens with zero attached hydrogens (tertiary/aromatic N) is 1. The van der Waals surface area contributed by atoms with Crippen LogP contribution in [0.1, 0.15) is 44.9 Å². The second kappa shape index (κ2) is 3.47. The molecule has 3 rings (SSSR count). The molecule has 0 bridgehead atoms. The molecule has 0 unspecified atom stereocenters. The predicted molar refractivity (Wildman–Crippen MR) is 58.8 cm³/mol. The van der Waals surface area contributed by atoms with Gasteiger partial charge in [0.2, 0.25) is 5.91 Å². The average Bonchev–Trinajstić information content (AvgIpc) is 3.07. The molecule has 0 radical (unpaired) electrons. The van der Waals surface area contributed by atoms with Crippen LogP contribution in [0.15, 0.2) is 0 Å². The first-order valence-corrected chi connectivity index (χ1v) is 6.34. The molecule has 1 N–H and O–H groups in total. The van der Waals surface area contributed by atoms with Crippen molar-refractivity contribution in [3.8, 4) is 0 Å². The van der Waals surface area contributed by atoms with Crippen LogP contribution in [0.3, 0.4) is 0 Å². The van der Waals surface area contributed by atoms with Gasteiger partial charge in [0, 0.05) is 12.6 Å². The number of nitrogens with one attached hydrogen (secondary N) is 1. The Balaban J connectivity index is 1.80. The van der Waals surface area contributed by atoms with Crippen LogP contribution in [0.2, 0.25) is 0 Å². The van der Waals surface area contributed by atoms with E-state index in [2.05, 4.69) is 5.32 Å². The van der Waals surface area contributed by atoms with Gasteiger partial charge in [-0.2, -0.15) is 0 Å². The quantitative estimate of drug-likeness (QED) is 0.733. The fourth-order valence-corrected chi connectivity index (χ4v) is 2.97. The maximum absolute atomic E-state index is 12.3. The van der Waals surface area contributed by atoms with Gasteiger partial charge in [-0.15, -0.1) is 0 Å². The van der Waals surface area contributed by atoms with E-state index in [0.29, 0.717) is 6.54 Å². The summed E-state index contributed by atoms with van der Waals surface area (Å²) in [7, 11) is 0. The highest BCUT2D eigenvalue weighted by Gasteiger charge is 2.56. The molecule has 0 aromatic rings. The van der Waals surface area contributed by atoms with Crippen LogP contribution >= 0.6 is 0 Å². The molecule has 0 atom stereocenters. The molecule has 1 aliphatic heterocycles. The Bertz CT molecular complexity index is 330. The molecule has 3 aliphatic rings. The number of imide groups is 1. The maximum Gasteiger partial charge on any atom is 0.324 e. The zero-order valence-corrected chi connectivity index (χ0v) is 9.50. The lowest BCUT2D eigenvalue weighted by atomic mass is 9.92. The van der Waals surface area contributed by atoms with Crippen LogP contribution in [-0.2, 0) is 4.79 Å². The van der Waals surface area contributed by atoms with Crippen molar-refractivity contribution in [1.82, 2.24) is 10.2 Å². The van der Waals surface area contributed by atoms with Gasteiger partial charge in [0.1, 0.15) is 0 Å². The maximum atomic E-state index is 12.3. The van der Waals surface area contributed by atoms with Crippen LogP contribution in [0.4, 0.5) is 4.79 Å². The number of amides is 3. The highest BCUT2D eigenvalue weighted by atomic mass is 16.2. The summed E-state index contributed by atoms with van der Waals surface area (Å²) in [6.07, 6.45) is 7.43. The van der Waals surface area contributed by atoms with E-state index in [1.807, 2.05) is 0 Å². The summed E-state index contributed by atoms with van der Waals surface area (Å²) in [4.78, 5) is 25.6. The predicted octanol–water partition coefficient (Wildman–Crippen LogP) is 1.65. The van der Waals surface area contributed by atoms with Crippen LogP contribution in [0, 0.1) is 5.41 Å². The summed E-state index contributed by atoms with van der Waals surface area (Å²) in [6, 6.07) is 0.00782. The Hall–Kier alpha value is -1.06. The summed E-state index contributed by atoms with van der Waals surface area (Å²) in [6.45, 7) is 0.563. The standard InChI is InChI=1S/C12H18N2O2/c15-10-12(6-7-12)8-13-11(16)14(10)9-4-2-1-3-5-9/h9H,1-8H2,(H,13,16). The van der Waals surface area contributed by atoms with Crippen molar-refractivity contribution in [2.24, 2.45) is 5.41 Å². The first-order valence-electron chi connectivity index (χ1n) is 6.34. The molecule has 1 heterocycles. The third-order valence-electron chi connectivity index (χ3n) is 4.26. The first kappa shape index (κ1) is 10.1. The minimum absolute atomic E-state index is 0.100. The van der Waals surface area contributed by atoms with E-state index >= 15 is 0 Å². The van der Waals surface area contributed by atoms with Crippen molar-refractivity contribution in [3.05, 3.63) is 0 Å². The van der Waals surface area contributed by atoms with Crippen LogP contribution < -0.4 is 5.32 Å². The van der Waals surface area contributed by atoms with Gasteiger partial charge >= 0.3 is 6.03 Å². The van der Waals surface area contributed by atoms with Crippen LogP contribution in [-0.4, -0.2) is 29.4 Å². The number of urea groups is 1.